The molecule has 0 aliphatic carbocycles. The first-order chi connectivity index (χ1) is 9.72. The first-order valence-electron chi connectivity index (χ1n) is 7.14. The predicted molar refractivity (Wildman–Crippen MR) is 86.0 cm³/mol. The molecule has 0 unspecified atom stereocenters. The van der Waals surface area contributed by atoms with E-state index in [1.165, 1.54) is 11.1 Å². The molecule has 0 bridgehead atoms. The molecule has 0 N–H and O–H groups in total. The van der Waals surface area contributed by atoms with Crippen LogP contribution in [0.25, 0.3) is 6.08 Å². The number of allylic oxidation sites excluding steroid dienone is 1. The minimum Gasteiger partial charge on any atom is -0.488 e. The van der Waals surface area contributed by atoms with Crippen LogP contribution in [0, 0.1) is 0 Å². The Morgan fingerprint density at radius 2 is 1.75 bits per heavy atom. The van der Waals surface area contributed by atoms with Crippen LogP contribution in [0.3, 0.4) is 0 Å². The van der Waals surface area contributed by atoms with Crippen LogP contribution in [0.15, 0.2) is 54.6 Å². The van der Waals surface area contributed by atoms with Gasteiger partial charge in [0.1, 0.15) is 12.4 Å². The van der Waals surface area contributed by atoms with E-state index in [2.05, 4.69) is 56.3 Å². The molecule has 2 aromatic rings. The van der Waals surface area contributed by atoms with Crippen molar-refractivity contribution in [1.29, 1.82) is 0 Å². The molecular formula is C19H22O. The summed E-state index contributed by atoms with van der Waals surface area (Å²) < 4.78 is 6.12. The highest BCUT2D eigenvalue weighted by Gasteiger charge is 2.11. The molecule has 0 aliphatic rings. The van der Waals surface area contributed by atoms with Gasteiger partial charge in [-0.2, -0.15) is 0 Å². The van der Waals surface area contributed by atoms with Crippen molar-refractivity contribution in [1.82, 2.24) is 0 Å². The Labute approximate surface area is 121 Å². The van der Waals surface area contributed by atoms with Gasteiger partial charge in [-0.1, -0.05) is 74.5 Å². The van der Waals surface area contributed by atoms with E-state index in [1.807, 2.05) is 25.1 Å². The zero-order valence-corrected chi connectivity index (χ0v) is 12.5. The Balaban J connectivity index is 2.28. The second-order valence-corrected chi connectivity index (χ2v) is 5.19. The van der Waals surface area contributed by atoms with Crippen molar-refractivity contribution in [2.24, 2.45) is 0 Å². The van der Waals surface area contributed by atoms with E-state index in [-0.39, 0.29) is 0 Å². The van der Waals surface area contributed by atoms with E-state index in [0.29, 0.717) is 12.5 Å². The standard InChI is InChI=1S/C19H22O/c1-4-9-17-12-8-13-18(15(2)3)19(17)20-14-16-10-6-5-7-11-16/h4-13,15H,14H2,1-3H3/b9-4+. The van der Waals surface area contributed by atoms with Gasteiger partial charge in [-0.05, 0) is 24.0 Å². The van der Waals surface area contributed by atoms with Gasteiger partial charge in [-0.3, -0.25) is 0 Å². The third-order valence-electron chi connectivity index (χ3n) is 3.27. The highest BCUT2D eigenvalue weighted by Crippen LogP contribution is 2.31. The molecule has 0 atom stereocenters. The summed E-state index contributed by atoms with van der Waals surface area (Å²) in [5.74, 6) is 1.45. The zero-order valence-electron chi connectivity index (χ0n) is 12.5. The molecule has 0 saturated heterocycles. The third kappa shape index (κ3) is 3.51. The van der Waals surface area contributed by atoms with Crippen LogP contribution in [-0.4, -0.2) is 0 Å². The summed E-state index contributed by atoms with van der Waals surface area (Å²) in [5.41, 5.74) is 3.60. The van der Waals surface area contributed by atoms with Crippen LogP contribution >= 0.6 is 0 Å². The van der Waals surface area contributed by atoms with E-state index >= 15 is 0 Å². The molecule has 2 rings (SSSR count). The quantitative estimate of drug-likeness (QED) is 0.702. The van der Waals surface area contributed by atoms with Crippen molar-refractivity contribution in [3.63, 3.8) is 0 Å². The van der Waals surface area contributed by atoms with Crippen molar-refractivity contribution in [3.8, 4) is 5.75 Å². The fourth-order valence-electron chi connectivity index (χ4n) is 2.24. The number of rotatable bonds is 5. The number of hydrogen-bond donors (Lipinski definition) is 0. The van der Waals surface area contributed by atoms with Crippen molar-refractivity contribution in [2.75, 3.05) is 0 Å². The first kappa shape index (κ1) is 14.4. The Morgan fingerprint density at radius 3 is 2.40 bits per heavy atom. The van der Waals surface area contributed by atoms with Gasteiger partial charge in [0, 0.05) is 5.56 Å². The lowest BCUT2D eigenvalue weighted by molar-refractivity contribution is 0.301. The van der Waals surface area contributed by atoms with Crippen LogP contribution in [0.2, 0.25) is 0 Å². The summed E-state index contributed by atoms with van der Waals surface area (Å²) in [6.45, 7) is 7.03. The lowest BCUT2D eigenvalue weighted by Gasteiger charge is -2.16. The number of benzene rings is 2. The van der Waals surface area contributed by atoms with Crippen LogP contribution < -0.4 is 4.74 Å². The molecule has 0 spiro atoms. The summed E-state index contributed by atoms with van der Waals surface area (Å²) >= 11 is 0. The molecule has 0 amide bonds. The second kappa shape index (κ2) is 6.95. The van der Waals surface area contributed by atoms with E-state index in [1.54, 1.807) is 0 Å². The number of para-hydroxylation sites is 1. The van der Waals surface area contributed by atoms with Gasteiger partial charge in [-0.25, -0.2) is 0 Å². The predicted octanol–water partition coefficient (Wildman–Crippen LogP) is 5.42. The lowest BCUT2D eigenvalue weighted by atomic mass is 9.99. The third-order valence-corrected chi connectivity index (χ3v) is 3.27. The SMILES string of the molecule is C/C=C/c1cccc(C(C)C)c1OCc1ccccc1. The van der Waals surface area contributed by atoms with Gasteiger partial charge in [-0.15, -0.1) is 0 Å². The van der Waals surface area contributed by atoms with Gasteiger partial charge in [0.2, 0.25) is 0 Å². The minimum absolute atomic E-state index is 0.450. The second-order valence-electron chi connectivity index (χ2n) is 5.19. The maximum Gasteiger partial charge on any atom is 0.130 e. The molecule has 1 heteroatoms. The molecule has 104 valence electrons. The molecule has 0 saturated carbocycles. The van der Waals surface area contributed by atoms with Crippen molar-refractivity contribution < 1.29 is 4.74 Å². The van der Waals surface area contributed by atoms with Gasteiger partial charge >= 0.3 is 0 Å². The topological polar surface area (TPSA) is 9.23 Å². The highest BCUT2D eigenvalue weighted by atomic mass is 16.5. The van der Waals surface area contributed by atoms with Crippen LogP contribution in [-0.2, 0) is 6.61 Å². The van der Waals surface area contributed by atoms with Crippen molar-refractivity contribution >= 4 is 6.08 Å². The number of ether oxygens (including phenoxy) is 1. The summed E-state index contributed by atoms with van der Waals surface area (Å²) in [4.78, 5) is 0. The summed E-state index contributed by atoms with van der Waals surface area (Å²) in [6.07, 6.45) is 4.15. The van der Waals surface area contributed by atoms with Gasteiger partial charge < -0.3 is 4.74 Å². The maximum atomic E-state index is 6.12. The van der Waals surface area contributed by atoms with E-state index in [0.717, 1.165) is 11.3 Å². The Hall–Kier alpha value is -2.02. The fraction of sp³-hybridized carbons (Fsp3) is 0.263. The average molecular weight is 266 g/mol. The molecular weight excluding hydrogens is 244 g/mol. The highest BCUT2D eigenvalue weighted by molar-refractivity contribution is 5.60. The Kier molecular flexibility index (Phi) is 5.00. The summed E-state index contributed by atoms with van der Waals surface area (Å²) in [7, 11) is 0. The van der Waals surface area contributed by atoms with E-state index in [4.69, 9.17) is 4.74 Å². The van der Waals surface area contributed by atoms with Crippen molar-refractivity contribution in [3.05, 3.63) is 71.3 Å². The monoisotopic (exact) mass is 266 g/mol. The molecule has 20 heavy (non-hydrogen) atoms. The van der Waals surface area contributed by atoms with Gasteiger partial charge in [0.25, 0.3) is 0 Å². The first-order valence-corrected chi connectivity index (χ1v) is 7.14. The molecule has 2 aromatic carbocycles. The zero-order chi connectivity index (χ0) is 14.4. The van der Waals surface area contributed by atoms with Crippen molar-refractivity contribution in [2.45, 2.75) is 33.3 Å². The summed E-state index contributed by atoms with van der Waals surface area (Å²) in [5, 5.41) is 0. The fourth-order valence-corrected chi connectivity index (χ4v) is 2.24. The normalized spacial score (nSPS) is 11.2. The van der Waals surface area contributed by atoms with Crippen LogP contribution in [0.1, 0.15) is 43.4 Å². The Bertz CT molecular complexity index is 568. The lowest BCUT2D eigenvalue weighted by Crippen LogP contribution is -2.01. The Morgan fingerprint density at radius 1 is 1.00 bits per heavy atom. The average Bonchev–Trinajstić information content (AvgIpc) is 2.47. The molecule has 0 aromatic heterocycles. The van der Waals surface area contributed by atoms with E-state index < -0.39 is 0 Å². The molecule has 0 fully saturated rings. The van der Waals surface area contributed by atoms with E-state index in [9.17, 15) is 0 Å². The molecule has 0 heterocycles. The van der Waals surface area contributed by atoms with Crippen LogP contribution in [0.5, 0.6) is 5.75 Å². The van der Waals surface area contributed by atoms with Gasteiger partial charge in [0.15, 0.2) is 0 Å². The number of hydrogen-bond acceptors (Lipinski definition) is 1. The van der Waals surface area contributed by atoms with Crippen LogP contribution in [0.4, 0.5) is 0 Å². The largest absolute Gasteiger partial charge is 0.488 e. The molecule has 0 aliphatic heterocycles. The van der Waals surface area contributed by atoms with Gasteiger partial charge in [0.05, 0.1) is 0 Å². The minimum atomic E-state index is 0.450. The smallest absolute Gasteiger partial charge is 0.130 e. The maximum absolute atomic E-state index is 6.12. The molecule has 1 nitrogen and oxygen atoms in total. The summed E-state index contributed by atoms with van der Waals surface area (Å²) in [6, 6.07) is 16.6. The molecule has 0 radical (unpaired) electrons.